The van der Waals surface area contributed by atoms with Crippen LogP contribution in [-0.4, -0.2) is 33.7 Å². The molecule has 0 aliphatic rings. The third-order valence-corrected chi connectivity index (χ3v) is 6.46. The van der Waals surface area contributed by atoms with E-state index in [1.807, 2.05) is 55.5 Å². The fourth-order valence-corrected chi connectivity index (χ4v) is 4.70. The fourth-order valence-electron chi connectivity index (χ4n) is 2.92. The molecule has 3 aromatic rings. The van der Waals surface area contributed by atoms with Crippen LogP contribution in [0.2, 0.25) is 0 Å². The Hall–Kier alpha value is -2.97. The Morgan fingerprint density at radius 1 is 0.968 bits per heavy atom. The van der Waals surface area contributed by atoms with E-state index < -0.39 is 15.9 Å². The monoisotopic (exact) mass is 456 g/mol. The van der Waals surface area contributed by atoms with Gasteiger partial charge in [0.05, 0.1) is 24.2 Å². The molecule has 8 heteroatoms. The molecule has 3 aromatic carbocycles. The minimum absolute atomic E-state index is 0.328. The Labute approximate surface area is 187 Å². The van der Waals surface area contributed by atoms with Crippen molar-refractivity contribution in [3.05, 3.63) is 78.9 Å². The minimum atomic E-state index is -3.72. The summed E-state index contributed by atoms with van der Waals surface area (Å²) in [4.78, 5) is 14.7. The molecule has 0 heterocycles. The summed E-state index contributed by atoms with van der Waals surface area (Å²) >= 11 is 1.52. The maximum atomic E-state index is 12.8. The molecule has 1 amide bonds. The van der Waals surface area contributed by atoms with Crippen LogP contribution in [0, 0.1) is 0 Å². The van der Waals surface area contributed by atoms with Gasteiger partial charge in [-0.25, -0.2) is 8.42 Å². The van der Waals surface area contributed by atoms with E-state index >= 15 is 0 Å². The number of hydrogen-bond acceptors (Lipinski definition) is 5. The molecule has 0 saturated carbocycles. The Morgan fingerprint density at radius 2 is 1.61 bits per heavy atom. The maximum Gasteiger partial charge on any atom is 0.245 e. The Bertz CT molecular complexity index is 1140. The number of nitrogens with zero attached hydrogens (tertiary/aromatic N) is 1. The van der Waals surface area contributed by atoms with Crippen LogP contribution in [0.3, 0.4) is 0 Å². The van der Waals surface area contributed by atoms with Crippen molar-refractivity contribution in [2.45, 2.75) is 16.7 Å². The average molecular weight is 457 g/mol. The topological polar surface area (TPSA) is 75.7 Å². The van der Waals surface area contributed by atoms with Crippen molar-refractivity contribution in [3.8, 4) is 5.75 Å². The number of nitrogens with one attached hydrogen (secondary N) is 1. The summed E-state index contributed by atoms with van der Waals surface area (Å²) in [5.74, 6) is -0.0407. The largest absolute Gasteiger partial charge is 0.492 e. The van der Waals surface area contributed by atoms with Gasteiger partial charge in [0.15, 0.2) is 0 Å². The molecule has 1 N–H and O–H groups in total. The fraction of sp³-hybridized carbons (Fsp3) is 0.174. The standard InChI is InChI=1S/C23H24N2O4S2/c1-3-29-21-15-9-8-14-20(21)25(31(2,27)28)17-23(26)24-19-13-7-10-16-22(19)30-18-11-5-4-6-12-18/h4-16H,3,17H2,1-2H3,(H,24,26). The maximum absolute atomic E-state index is 12.8. The summed E-state index contributed by atoms with van der Waals surface area (Å²) in [5.41, 5.74) is 0.946. The number of hydrogen-bond donors (Lipinski definition) is 1. The molecule has 0 aliphatic carbocycles. The number of anilines is 2. The molecule has 3 rings (SSSR count). The second-order valence-electron chi connectivity index (χ2n) is 6.63. The molecule has 162 valence electrons. The van der Waals surface area contributed by atoms with Gasteiger partial charge in [-0.3, -0.25) is 9.10 Å². The van der Waals surface area contributed by atoms with Crippen molar-refractivity contribution in [3.63, 3.8) is 0 Å². The average Bonchev–Trinajstić information content (AvgIpc) is 2.74. The normalized spacial score (nSPS) is 11.0. The van der Waals surface area contributed by atoms with Crippen molar-refractivity contribution in [2.24, 2.45) is 0 Å². The molecule has 6 nitrogen and oxygen atoms in total. The van der Waals surface area contributed by atoms with Crippen molar-refractivity contribution in [1.29, 1.82) is 0 Å². The van der Waals surface area contributed by atoms with Crippen LogP contribution >= 0.6 is 11.8 Å². The second kappa shape index (κ2) is 10.4. The molecule has 0 spiro atoms. The first kappa shape index (κ1) is 22.7. The number of benzene rings is 3. The summed E-state index contributed by atoms with van der Waals surface area (Å²) in [7, 11) is -3.72. The molecular weight excluding hydrogens is 432 g/mol. The first-order valence-electron chi connectivity index (χ1n) is 9.70. The highest BCUT2D eigenvalue weighted by Crippen LogP contribution is 2.34. The van der Waals surface area contributed by atoms with Crippen molar-refractivity contribution in [1.82, 2.24) is 0 Å². The minimum Gasteiger partial charge on any atom is -0.492 e. The van der Waals surface area contributed by atoms with Gasteiger partial charge in [0.25, 0.3) is 0 Å². The molecule has 0 aromatic heterocycles. The van der Waals surface area contributed by atoms with Crippen LogP contribution in [0.4, 0.5) is 11.4 Å². The van der Waals surface area contributed by atoms with E-state index in [4.69, 9.17) is 4.74 Å². The first-order valence-corrected chi connectivity index (χ1v) is 12.4. The highest BCUT2D eigenvalue weighted by Gasteiger charge is 2.24. The van der Waals surface area contributed by atoms with Gasteiger partial charge in [0, 0.05) is 9.79 Å². The molecule has 0 radical (unpaired) electrons. The summed E-state index contributed by atoms with van der Waals surface area (Å²) in [5, 5.41) is 2.85. The molecule has 0 saturated heterocycles. The van der Waals surface area contributed by atoms with Gasteiger partial charge in [0.2, 0.25) is 15.9 Å². The number of ether oxygens (including phenoxy) is 1. The van der Waals surface area contributed by atoms with E-state index in [9.17, 15) is 13.2 Å². The lowest BCUT2D eigenvalue weighted by molar-refractivity contribution is -0.114. The molecule has 0 bridgehead atoms. The molecule has 0 unspecified atom stereocenters. The summed E-state index contributed by atoms with van der Waals surface area (Å²) < 4.78 is 31.6. The first-order chi connectivity index (χ1) is 14.9. The van der Waals surface area contributed by atoms with Gasteiger partial charge in [-0.1, -0.05) is 54.2 Å². The molecule has 0 atom stereocenters. The van der Waals surface area contributed by atoms with E-state index in [2.05, 4.69) is 5.32 Å². The lowest BCUT2D eigenvalue weighted by Crippen LogP contribution is -2.37. The number of sulfonamides is 1. The second-order valence-corrected chi connectivity index (χ2v) is 9.65. The van der Waals surface area contributed by atoms with E-state index in [0.717, 1.165) is 20.4 Å². The van der Waals surface area contributed by atoms with Crippen LogP contribution in [0.1, 0.15) is 6.92 Å². The zero-order valence-electron chi connectivity index (χ0n) is 17.3. The van der Waals surface area contributed by atoms with E-state index in [1.54, 1.807) is 30.3 Å². The highest BCUT2D eigenvalue weighted by molar-refractivity contribution is 7.99. The summed E-state index contributed by atoms with van der Waals surface area (Å²) in [6.45, 7) is 1.83. The Balaban J connectivity index is 1.82. The molecule has 0 aliphatic heterocycles. The predicted molar refractivity (Wildman–Crippen MR) is 125 cm³/mol. The van der Waals surface area contributed by atoms with Crippen molar-refractivity contribution in [2.75, 3.05) is 29.0 Å². The third-order valence-electron chi connectivity index (χ3n) is 4.25. The van der Waals surface area contributed by atoms with Crippen LogP contribution in [0.25, 0.3) is 0 Å². The van der Waals surface area contributed by atoms with Gasteiger partial charge in [0.1, 0.15) is 12.3 Å². The van der Waals surface area contributed by atoms with Crippen LogP contribution in [0.5, 0.6) is 5.75 Å². The number of para-hydroxylation sites is 3. The van der Waals surface area contributed by atoms with E-state index in [1.165, 1.54) is 11.8 Å². The third kappa shape index (κ3) is 6.26. The SMILES string of the molecule is CCOc1ccccc1N(CC(=O)Nc1ccccc1Sc1ccccc1)S(C)(=O)=O. The lowest BCUT2D eigenvalue weighted by Gasteiger charge is -2.24. The lowest BCUT2D eigenvalue weighted by atomic mass is 10.3. The number of carbonyl (C=O) groups is 1. The Kier molecular flexibility index (Phi) is 7.59. The van der Waals surface area contributed by atoms with Crippen molar-refractivity contribution < 1.29 is 17.9 Å². The van der Waals surface area contributed by atoms with Gasteiger partial charge in [-0.05, 0) is 43.3 Å². The van der Waals surface area contributed by atoms with Crippen LogP contribution in [-0.2, 0) is 14.8 Å². The van der Waals surface area contributed by atoms with E-state index in [-0.39, 0.29) is 6.54 Å². The highest BCUT2D eigenvalue weighted by atomic mass is 32.2. The zero-order valence-corrected chi connectivity index (χ0v) is 18.9. The van der Waals surface area contributed by atoms with E-state index in [0.29, 0.717) is 23.7 Å². The smallest absolute Gasteiger partial charge is 0.245 e. The zero-order chi connectivity index (χ0) is 22.3. The Morgan fingerprint density at radius 3 is 2.32 bits per heavy atom. The summed E-state index contributed by atoms with van der Waals surface area (Å²) in [6, 6.07) is 24.0. The van der Waals surface area contributed by atoms with Crippen LogP contribution in [0.15, 0.2) is 88.7 Å². The van der Waals surface area contributed by atoms with Gasteiger partial charge in [-0.2, -0.15) is 0 Å². The van der Waals surface area contributed by atoms with Crippen molar-refractivity contribution >= 4 is 39.1 Å². The number of carbonyl (C=O) groups excluding carboxylic acids is 1. The van der Waals surface area contributed by atoms with Gasteiger partial charge >= 0.3 is 0 Å². The van der Waals surface area contributed by atoms with Crippen LogP contribution < -0.4 is 14.4 Å². The molecular formula is C23H24N2O4S2. The number of rotatable bonds is 9. The molecule has 31 heavy (non-hydrogen) atoms. The molecule has 0 fully saturated rings. The quantitative estimate of drug-likeness (QED) is 0.508. The number of amides is 1. The summed E-state index contributed by atoms with van der Waals surface area (Å²) in [6.07, 6.45) is 1.07. The van der Waals surface area contributed by atoms with Gasteiger partial charge < -0.3 is 10.1 Å². The van der Waals surface area contributed by atoms with Gasteiger partial charge in [-0.15, -0.1) is 0 Å². The predicted octanol–water partition coefficient (Wildman–Crippen LogP) is 4.64.